The van der Waals surface area contributed by atoms with Gasteiger partial charge in [-0.15, -0.1) is 0 Å². The van der Waals surface area contributed by atoms with Crippen LogP contribution >= 0.6 is 0 Å². The molecular weight excluding hydrogens is 380 g/mol. The van der Waals surface area contributed by atoms with Gasteiger partial charge in [-0.1, -0.05) is 84.0 Å². The van der Waals surface area contributed by atoms with Gasteiger partial charge in [-0.2, -0.15) is 0 Å². The van der Waals surface area contributed by atoms with Gasteiger partial charge in [0.05, 0.1) is 23.7 Å². The number of aliphatic carboxylic acids is 1. The lowest BCUT2D eigenvalue weighted by Gasteiger charge is -2.33. The Hall–Kier alpha value is -0.650. The van der Waals surface area contributed by atoms with Crippen molar-refractivity contribution in [2.45, 2.75) is 147 Å². The summed E-state index contributed by atoms with van der Waals surface area (Å²) in [5.74, 6) is -1.68. The van der Waals surface area contributed by atoms with E-state index in [-0.39, 0.29) is 6.10 Å². The molecule has 0 aromatic heterocycles. The van der Waals surface area contributed by atoms with Crippen LogP contribution in [0.1, 0.15) is 129 Å². The summed E-state index contributed by atoms with van der Waals surface area (Å²) in [5.41, 5.74) is -0.709. The topological polar surface area (TPSA) is 98.0 Å². The summed E-state index contributed by atoms with van der Waals surface area (Å²) in [6.07, 6.45) is 16.5. The second-order valence-corrected chi connectivity index (χ2v) is 9.68. The molecule has 4 N–H and O–H groups in total. The normalized spacial score (nSPS) is 19.3. The van der Waals surface area contributed by atoms with Crippen LogP contribution in [0, 0.1) is 5.92 Å². The van der Waals surface area contributed by atoms with Gasteiger partial charge < -0.3 is 20.4 Å². The van der Waals surface area contributed by atoms with Gasteiger partial charge in [-0.3, -0.25) is 4.79 Å². The molecule has 0 aromatic carbocycles. The van der Waals surface area contributed by atoms with Gasteiger partial charge in [0.15, 0.2) is 0 Å². The number of unbranched alkanes of at least 4 members (excludes halogenated alkanes) is 7. The Bertz CT molecular complexity index is 433. The average molecular weight is 429 g/mol. The third-order valence-corrected chi connectivity index (χ3v) is 6.91. The van der Waals surface area contributed by atoms with Crippen molar-refractivity contribution in [3.05, 3.63) is 0 Å². The van der Waals surface area contributed by atoms with Crippen molar-refractivity contribution in [2.24, 2.45) is 5.92 Å². The van der Waals surface area contributed by atoms with Crippen molar-refractivity contribution >= 4 is 5.97 Å². The number of hydrogen-bond donors (Lipinski definition) is 4. The Labute approximate surface area is 184 Å². The minimum absolute atomic E-state index is 0.203. The SMILES string of the molecule is CCCCCCC[C@H](O)CCCCCC[C@H](C(=O)O)[C@H](O)CCC1(O)CCCCC1. The quantitative estimate of drug-likeness (QED) is 0.213. The van der Waals surface area contributed by atoms with E-state index in [1.54, 1.807) is 0 Å². The molecule has 3 atom stereocenters. The number of carbonyl (C=O) groups is 1. The lowest BCUT2D eigenvalue weighted by Crippen LogP contribution is -2.35. The minimum atomic E-state index is -0.934. The van der Waals surface area contributed by atoms with E-state index >= 15 is 0 Å². The second-order valence-electron chi connectivity index (χ2n) is 9.68. The first kappa shape index (κ1) is 27.4. The van der Waals surface area contributed by atoms with Crippen LogP contribution < -0.4 is 0 Å². The molecule has 1 fully saturated rings. The Kier molecular flexibility index (Phi) is 14.6. The number of aliphatic hydroxyl groups excluding tert-OH is 2. The average Bonchev–Trinajstić information content (AvgIpc) is 2.71. The first-order valence-corrected chi connectivity index (χ1v) is 12.7. The molecule has 0 heterocycles. The Morgan fingerprint density at radius 1 is 0.800 bits per heavy atom. The number of rotatable bonds is 18. The highest BCUT2D eigenvalue weighted by atomic mass is 16.4. The van der Waals surface area contributed by atoms with Crippen LogP contribution in [0.15, 0.2) is 0 Å². The van der Waals surface area contributed by atoms with Crippen molar-refractivity contribution in [3.63, 3.8) is 0 Å². The van der Waals surface area contributed by atoms with E-state index in [1.807, 2.05) is 0 Å². The summed E-state index contributed by atoms with van der Waals surface area (Å²) in [4.78, 5) is 11.6. The van der Waals surface area contributed by atoms with E-state index in [4.69, 9.17) is 0 Å². The predicted molar refractivity (Wildman–Crippen MR) is 121 cm³/mol. The Morgan fingerprint density at radius 2 is 1.33 bits per heavy atom. The molecule has 5 heteroatoms. The molecule has 1 aliphatic carbocycles. The summed E-state index contributed by atoms with van der Waals surface area (Å²) >= 11 is 0. The summed E-state index contributed by atoms with van der Waals surface area (Å²) in [5, 5.41) is 40.5. The molecule has 1 aliphatic rings. The van der Waals surface area contributed by atoms with E-state index in [0.29, 0.717) is 19.3 Å². The van der Waals surface area contributed by atoms with Crippen LogP contribution in [0.4, 0.5) is 0 Å². The van der Waals surface area contributed by atoms with Gasteiger partial charge in [-0.05, 0) is 44.9 Å². The van der Waals surface area contributed by atoms with Gasteiger partial charge in [0.1, 0.15) is 0 Å². The molecule has 0 spiro atoms. The molecule has 30 heavy (non-hydrogen) atoms. The fourth-order valence-corrected chi connectivity index (χ4v) is 4.78. The van der Waals surface area contributed by atoms with E-state index in [1.165, 1.54) is 25.7 Å². The van der Waals surface area contributed by atoms with Gasteiger partial charge in [0, 0.05) is 0 Å². The molecule has 0 aliphatic heterocycles. The zero-order valence-corrected chi connectivity index (χ0v) is 19.4. The van der Waals surface area contributed by atoms with Crippen molar-refractivity contribution in [3.8, 4) is 0 Å². The predicted octanol–water partition coefficient (Wildman–Crippen LogP) is 5.59. The molecule has 178 valence electrons. The largest absolute Gasteiger partial charge is 0.481 e. The highest BCUT2D eigenvalue weighted by Crippen LogP contribution is 2.33. The van der Waals surface area contributed by atoms with Crippen LogP contribution in [-0.2, 0) is 4.79 Å². The third-order valence-electron chi connectivity index (χ3n) is 6.91. The molecule has 1 rings (SSSR count). The lowest BCUT2D eigenvalue weighted by molar-refractivity contribution is -0.146. The van der Waals surface area contributed by atoms with E-state index < -0.39 is 23.6 Å². The van der Waals surface area contributed by atoms with Crippen LogP contribution in [0.3, 0.4) is 0 Å². The minimum Gasteiger partial charge on any atom is -0.481 e. The molecule has 0 unspecified atom stereocenters. The standard InChI is InChI=1S/C25H48O5/c1-2-3-4-5-9-14-21(26)15-10-6-7-11-16-22(24(28)29)23(27)17-20-25(30)18-12-8-13-19-25/h21-23,26-27,30H,2-20H2,1H3,(H,28,29)/t21-,22-,23+/m0/s1. The molecule has 5 nitrogen and oxygen atoms in total. The molecule has 0 aromatic rings. The number of carboxylic acid groups (broad SMARTS) is 1. The maximum Gasteiger partial charge on any atom is 0.309 e. The first-order valence-electron chi connectivity index (χ1n) is 12.7. The van der Waals surface area contributed by atoms with E-state index in [0.717, 1.165) is 77.0 Å². The van der Waals surface area contributed by atoms with Crippen LogP contribution in [0.25, 0.3) is 0 Å². The molecule has 0 radical (unpaired) electrons. The lowest BCUT2D eigenvalue weighted by atomic mass is 9.80. The van der Waals surface area contributed by atoms with Gasteiger partial charge in [-0.25, -0.2) is 0 Å². The van der Waals surface area contributed by atoms with Gasteiger partial charge in [0.2, 0.25) is 0 Å². The zero-order chi connectivity index (χ0) is 22.2. The smallest absolute Gasteiger partial charge is 0.309 e. The van der Waals surface area contributed by atoms with Crippen molar-refractivity contribution in [1.29, 1.82) is 0 Å². The van der Waals surface area contributed by atoms with Crippen molar-refractivity contribution in [2.75, 3.05) is 0 Å². The molecule has 0 saturated heterocycles. The molecule has 1 saturated carbocycles. The second kappa shape index (κ2) is 16.0. The van der Waals surface area contributed by atoms with Gasteiger partial charge >= 0.3 is 5.97 Å². The first-order chi connectivity index (χ1) is 14.4. The summed E-state index contributed by atoms with van der Waals surface area (Å²) < 4.78 is 0. The number of hydrogen-bond acceptors (Lipinski definition) is 4. The van der Waals surface area contributed by atoms with Crippen molar-refractivity contribution in [1.82, 2.24) is 0 Å². The number of aliphatic hydroxyl groups is 3. The third kappa shape index (κ3) is 12.3. The van der Waals surface area contributed by atoms with Crippen LogP contribution in [0.2, 0.25) is 0 Å². The van der Waals surface area contributed by atoms with Crippen LogP contribution in [0.5, 0.6) is 0 Å². The van der Waals surface area contributed by atoms with Crippen LogP contribution in [-0.4, -0.2) is 44.2 Å². The summed E-state index contributed by atoms with van der Waals surface area (Å²) in [7, 11) is 0. The van der Waals surface area contributed by atoms with E-state index in [9.17, 15) is 25.2 Å². The highest BCUT2D eigenvalue weighted by Gasteiger charge is 2.32. The summed E-state index contributed by atoms with van der Waals surface area (Å²) in [6.45, 7) is 2.20. The Morgan fingerprint density at radius 3 is 1.87 bits per heavy atom. The molecule has 0 amide bonds. The fraction of sp³-hybridized carbons (Fsp3) is 0.960. The molecule has 0 bridgehead atoms. The monoisotopic (exact) mass is 428 g/mol. The number of carboxylic acids is 1. The van der Waals surface area contributed by atoms with E-state index in [2.05, 4.69) is 6.92 Å². The Balaban J connectivity index is 2.13. The maximum atomic E-state index is 11.6. The van der Waals surface area contributed by atoms with Crippen molar-refractivity contribution < 1.29 is 25.2 Å². The fourth-order valence-electron chi connectivity index (χ4n) is 4.78. The maximum absolute atomic E-state index is 11.6. The van der Waals surface area contributed by atoms with Gasteiger partial charge in [0.25, 0.3) is 0 Å². The highest BCUT2D eigenvalue weighted by molar-refractivity contribution is 5.70. The molecular formula is C25H48O5. The zero-order valence-electron chi connectivity index (χ0n) is 19.4. The summed E-state index contributed by atoms with van der Waals surface area (Å²) in [6, 6.07) is 0.